The topological polar surface area (TPSA) is 89.0 Å². The van der Waals surface area contributed by atoms with Gasteiger partial charge in [0.05, 0.1) is 0 Å². The minimum Gasteiger partial charge on any atom is -0.417 e. The van der Waals surface area contributed by atoms with Crippen LogP contribution in [0.2, 0.25) is 5.02 Å². The van der Waals surface area contributed by atoms with Gasteiger partial charge in [0, 0.05) is 35.2 Å². The summed E-state index contributed by atoms with van der Waals surface area (Å²) in [5, 5.41) is 4.68. The van der Waals surface area contributed by atoms with Crippen LogP contribution >= 0.6 is 11.6 Å². The van der Waals surface area contributed by atoms with Crippen LogP contribution < -0.4 is 9.46 Å². The van der Waals surface area contributed by atoms with E-state index in [-0.39, 0.29) is 16.6 Å². The number of aromatic amines is 1. The molecule has 2 heterocycles. The number of nitrogens with zero attached hydrogens (tertiary/aromatic N) is 2. The summed E-state index contributed by atoms with van der Waals surface area (Å²) in [6.07, 6.45) is 1.31. The minimum atomic E-state index is -3.98. The largest absolute Gasteiger partial charge is 0.417 e. The fraction of sp³-hybridized carbons (Fsp3) is 0.154. The number of H-pyrrole nitrogens is 1. The molecule has 7 nitrogen and oxygen atoms in total. The summed E-state index contributed by atoms with van der Waals surface area (Å²) in [5.74, 6) is -0.412. The first-order chi connectivity index (χ1) is 11.3. The fourth-order valence-corrected chi connectivity index (χ4v) is 3.53. The number of anilines is 1. The molecule has 11 heteroatoms. The molecule has 2 N–H and O–H groups in total. The van der Waals surface area contributed by atoms with Gasteiger partial charge >= 0.3 is 6.61 Å². The van der Waals surface area contributed by atoms with Crippen LogP contribution in [0.25, 0.3) is 10.9 Å². The lowest BCUT2D eigenvalue weighted by Crippen LogP contribution is -2.13. The standard InChI is InChI=1S/C13H11ClF2N4O3S/c1-20-12(23-13(15)16)5-11(18-20)19-24(21,22)10-6-17-9-4-7(14)2-3-8(9)10/h2-6,13,17H,1H3,(H,18,19). The van der Waals surface area contributed by atoms with E-state index in [0.717, 1.165) is 10.7 Å². The second-order valence-electron chi connectivity index (χ2n) is 4.82. The van der Waals surface area contributed by atoms with Crippen molar-refractivity contribution in [1.29, 1.82) is 0 Å². The molecule has 0 radical (unpaired) electrons. The molecule has 3 rings (SSSR count). The maximum Gasteiger partial charge on any atom is 0.388 e. The molecular formula is C13H11ClF2N4O3S. The van der Waals surface area contributed by atoms with E-state index in [0.29, 0.717) is 15.9 Å². The van der Waals surface area contributed by atoms with Gasteiger partial charge in [-0.25, -0.2) is 13.1 Å². The van der Waals surface area contributed by atoms with E-state index in [1.165, 1.54) is 13.2 Å². The number of halogens is 3. The highest BCUT2D eigenvalue weighted by atomic mass is 35.5. The van der Waals surface area contributed by atoms with Gasteiger partial charge in [-0.05, 0) is 18.2 Å². The van der Waals surface area contributed by atoms with Crippen molar-refractivity contribution in [3.8, 4) is 5.88 Å². The number of sulfonamides is 1. The number of nitrogens with one attached hydrogen (secondary N) is 2. The lowest BCUT2D eigenvalue weighted by Gasteiger charge is -2.03. The second kappa shape index (κ2) is 5.95. The number of hydrogen-bond donors (Lipinski definition) is 2. The molecule has 3 aromatic rings. The lowest BCUT2D eigenvalue weighted by atomic mass is 10.2. The zero-order valence-corrected chi connectivity index (χ0v) is 13.7. The Morgan fingerprint density at radius 2 is 2.12 bits per heavy atom. The number of ether oxygens (including phenoxy) is 1. The molecule has 0 aliphatic heterocycles. The quantitative estimate of drug-likeness (QED) is 0.716. The molecular weight excluding hydrogens is 366 g/mol. The van der Waals surface area contributed by atoms with Crippen molar-refractivity contribution in [1.82, 2.24) is 14.8 Å². The van der Waals surface area contributed by atoms with E-state index in [4.69, 9.17) is 11.6 Å². The third kappa shape index (κ3) is 3.15. The summed E-state index contributed by atoms with van der Waals surface area (Å²) in [6, 6.07) is 5.78. The number of fused-ring (bicyclic) bond motifs is 1. The molecule has 0 spiro atoms. The van der Waals surface area contributed by atoms with Crippen LogP contribution in [-0.2, 0) is 17.1 Å². The van der Waals surface area contributed by atoms with Gasteiger partial charge in [0.15, 0.2) is 5.82 Å². The Bertz CT molecular complexity index is 1000. The van der Waals surface area contributed by atoms with Crippen LogP contribution in [0.3, 0.4) is 0 Å². The van der Waals surface area contributed by atoms with Crippen LogP contribution in [-0.4, -0.2) is 29.8 Å². The maximum atomic E-state index is 12.5. The van der Waals surface area contributed by atoms with Crippen molar-refractivity contribution in [3.63, 3.8) is 0 Å². The van der Waals surface area contributed by atoms with E-state index in [1.54, 1.807) is 18.2 Å². The number of alkyl halides is 2. The van der Waals surface area contributed by atoms with Gasteiger partial charge in [-0.3, -0.25) is 4.72 Å². The molecule has 0 atom stereocenters. The highest BCUT2D eigenvalue weighted by Gasteiger charge is 2.21. The summed E-state index contributed by atoms with van der Waals surface area (Å²) in [6.45, 7) is -3.04. The zero-order valence-electron chi connectivity index (χ0n) is 12.1. The van der Waals surface area contributed by atoms with E-state index in [9.17, 15) is 17.2 Å². The molecule has 24 heavy (non-hydrogen) atoms. The van der Waals surface area contributed by atoms with Crippen molar-refractivity contribution in [2.24, 2.45) is 7.05 Å². The molecule has 0 saturated heterocycles. The van der Waals surface area contributed by atoms with E-state index in [1.807, 2.05) is 0 Å². The Morgan fingerprint density at radius 1 is 1.38 bits per heavy atom. The van der Waals surface area contributed by atoms with Crippen molar-refractivity contribution < 1.29 is 21.9 Å². The van der Waals surface area contributed by atoms with Gasteiger partial charge in [0.25, 0.3) is 10.0 Å². The molecule has 0 aliphatic rings. The van der Waals surface area contributed by atoms with E-state index in [2.05, 4.69) is 19.5 Å². The maximum absolute atomic E-state index is 12.5. The third-order valence-electron chi connectivity index (χ3n) is 3.18. The summed E-state index contributed by atoms with van der Waals surface area (Å²) in [4.78, 5) is 2.79. The zero-order chi connectivity index (χ0) is 17.5. The van der Waals surface area contributed by atoms with E-state index < -0.39 is 16.6 Å². The van der Waals surface area contributed by atoms with Crippen molar-refractivity contribution >= 4 is 38.3 Å². The SMILES string of the molecule is Cn1nc(NS(=O)(=O)c2c[nH]c3cc(Cl)ccc23)cc1OC(F)F. The van der Waals surface area contributed by atoms with Crippen molar-refractivity contribution in [2.45, 2.75) is 11.5 Å². The first-order valence-electron chi connectivity index (χ1n) is 6.54. The third-order valence-corrected chi connectivity index (χ3v) is 4.81. The minimum absolute atomic E-state index is 0.0175. The highest BCUT2D eigenvalue weighted by Crippen LogP contribution is 2.27. The second-order valence-corrected chi connectivity index (χ2v) is 6.91. The molecule has 0 amide bonds. The van der Waals surface area contributed by atoms with Crippen LogP contribution in [0.15, 0.2) is 35.4 Å². The molecule has 0 saturated carbocycles. The fourth-order valence-electron chi connectivity index (χ4n) is 2.19. The molecule has 0 unspecified atom stereocenters. The van der Waals surface area contributed by atoms with Gasteiger partial charge in [0.2, 0.25) is 5.88 Å². The lowest BCUT2D eigenvalue weighted by molar-refractivity contribution is -0.0553. The summed E-state index contributed by atoms with van der Waals surface area (Å²) < 4.78 is 57.0. The van der Waals surface area contributed by atoms with Gasteiger partial charge in [-0.1, -0.05) is 11.6 Å². The molecule has 0 bridgehead atoms. The Labute approximate surface area is 140 Å². The van der Waals surface area contributed by atoms with Gasteiger partial charge in [-0.2, -0.15) is 13.9 Å². The Kier molecular flexibility index (Phi) is 4.10. The highest BCUT2D eigenvalue weighted by molar-refractivity contribution is 7.93. The average molecular weight is 377 g/mol. The first kappa shape index (κ1) is 16.5. The first-order valence-corrected chi connectivity index (χ1v) is 8.41. The van der Waals surface area contributed by atoms with Gasteiger partial charge in [-0.15, -0.1) is 0 Å². The summed E-state index contributed by atoms with van der Waals surface area (Å²) in [5.41, 5.74) is 0.547. The number of hydrogen-bond acceptors (Lipinski definition) is 4. The number of benzene rings is 1. The normalized spacial score (nSPS) is 12.0. The molecule has 0 fully saturated rings. The van der Waals surface area contributed by atoms with Crippen LogP contribution in [0.5, 0.6) is 5.88 Å². The monoisotopic (exact) mass is 376 g/mol. The Morgan fingerprint density at radius 3 is 2.83 bits per heavy atom. The number of aryl methyl sites for hydroxylation is 1. The average Bonchev–Trinajstić information content (AvgIpc) is 3.02. The Balaban J connectivity index is 1.93. The van der Waals surface area contributed by atoms with Crippen LogP contribution in [0, 0.1) is 0 Å². The summed E-state index contributed by atoms with van der Waals surface area (Å²) >= 11 is 5.86. The number of aromatic nitrogens is 3. The van der Waals surface area contributed by atoms with Gasteiger partial charge < -0.3 is 9.72 Å². The summed E-state index contributed by atoms with van der Waals surface area (Å²) in [7, 11) is -2.63. The van der Waals surface area contributed by atoms with Gasteiger partial charge in [0.1, 0.15) is 4.90 Å². The smallest absolute Gasteiger partial charge is 0.388 e. The predicted octanol–water partition coefficient (Wildman–Crippen LogP) is 2.96. The predicted molar refractivity (Wildman–Crippen MR) is 84.0 cm³/mol. The molecule has 2 aromatic heterocycles. The molecule has 0 aliphatic carbocycles. The van der Waals surface area contributed by atoms with Crippen LogP contribution in [0.4, 0.5) is 14.6 Å². The van der Waals surface area contributed by atoms with E-state index >= 15 is 0 Å². The van der Waals surface area contributed by atoms with Crippen molar-refractivity contribution in [3.05, 3.63) is 35.5 Å². The number of rotatable bonds is 5. The Hall–Kier alpha value is -2.33. The van der Waals surface area contributed by atoms with Crippen molar-refractivity contribution in [2.75, 3.05) is 4.72 Å². The molecule has 128 valence electrons. The molecule has 1 aromatic carbocycles. The van der Waals surface area contributed by atoms with Crippen LogP contribution in [0.1, 0.15) is 0 Å².